The van der Waals surface area contributed by atoms with Gasteiger partial charge in [-0.2, -0.15) is 0 Å². The molecule has 0 saturated heterocycles. The number of rotatable bonds is 7. The lowest BCUT2D eigenvalue weighted by atomic mass is 9.91. The molecule has 0 aliphatic heterocycles. The minimum Gasteiger partial charge on any atom is -0.310 e. The van der Waals surface area contributed by atoms with E-state index in [1.165, 1.54) is 21.5 Å². The maximum absolute atomic E-state index is 5.41. The van der Waals surface area contributed by atoms with Gasteiger partial charge >= 0.3 is 0 Å². The van der Waals surface area contributed by atoms with Gasteiger partial charge in [0.15, 0.2) is 5.82 Å². The number of nitrogens with zero attached hydrogens (tertiary/aromatic N) is 4. The molecule has 0 spiro atoms. The third kappa shape index (κ3) is 6.53. The molecule has 10 aromatic carbocycles. The average molecular weight is 803 g/mol. The molecule has 294 valence electrons. The van der Waals surface area contributed by atoms with E-state index in [1.54, 1.807) is 0 Å². The molecule has 0 saturated carbocycles. The first-order valence-electron chi connectivity index (χ1n) is 21.3. The van der Waals surface area contributed by atoms with Crippen LogP contribution in [0.3, 0.4) is 0 Å². The smallest absolute Gasteiger partial charge is 0.160 e. The summed E-state index contributed by atoms with van der Waals surface area (Å²) in [6, 6.07) is 81.7. The van der Waals surface area contributed by atoms with Gasteiger partial charge in [0.25, 0.3) is 0 Å². The number of fused-ring (bicyclic) bond motifs is 7. The second kappa shape index (κ2) is 15.2. The molecular weight excluding hydrogens is 765 g/mol. The van der Waals surface area contributed by atoms with Crippen molar-refractivity contribution in [3.05, 3.63) is 231 Å². The van der Waals surface area contributed by atoms with Crippen molar-refractivity contribution in [3.63, 3.8) is 0 Å². The van der Waals surface area contributed by atoms with Crippen molar-refractivity contribution in [3.8, 4) is 45.2 Å². The van der Waals surface area contributed by atoms with E-state index < -0.39 is 0 Å². The predicted molar refractivity (Wildman–Crippen MR) is 264 cm³/mol. The van der Waals surface area contributed by atoms with Crippen LogP contribution in [0.4, 0.5) is 17.1 Å². The maximum atomic E-state index is 5.41. The molecule has 0 unspecified atom stereocenters. The Morgan fingerprint density at radius 2 is 0.857 bits per heavy atom. The molecule has 0 aliphatic carbocycles. The van der Waals surface area contributed by atoms with E-state index in [9.17, 15) is 0 Å². The number of para-hydroxylation sites is 1. The largest absolute Gasteiger partial charge is 0.310 e. The summed E-state index contributed by atoms with van der Waals surface area (Å²) < 4.78 is 0. The molecule has 2 aromatic heterocycles. The minimum absolute atomic E-state index is 0.693. The van der Waals surface area contributed by atoms with Gasteiger partial charge in [0.05, 0.1) is 22.6 Å². The summed E-state index contributed by atoms with van der Waals surface area (Å²) in [6.45, 7) is 0. The van der Waals surface area contributed by atoms with Crippen LogP contribution in [0, 0.1) is 0 Å². The van der Waals surface area contributed by atoms with Crippen molar-refractivity contribution in [2.24, 2.45) is 0 Å². The van der Waals surface area contributed by atoms with Gasteiger partial charge in [-0.25, -0.2) is 15.0 Å². The third-order valence-electron chi connectivity index (χ3n) is 12.2. The number of pyridine rings is 1. The topological polar surface area (TPSA) is 41.9 Å². The predicted octanol–water partition coefficient (Wildman–Crippen LogP) is 15.8. The zero-order valence-corrected chi connectivity index (χ0v) is 34.2. The highest BCUT2D eigenvalue weighted by Crippen LogP contribution is 2.43. The number of benzene rings is 10. The summed E-state index contributed by atoms with van der Waals surface area (Å²) in [6.07, 6.45) is 0. The van der Waals surface area contributed by atoms with Crippen LogP contribution in [-0.4, -0.2) is 15.0 Å². The lowest BCUT2D eigenvalue weighted by Gasteiger charge is -2.26. The van der Waals surface area contributed by atoms with Gasteiger partial charge in [0.1, 0.15) is 0 Å². The quantitative estimate of drug-likeness (QED) is 0.151. The van der Waals surface area contributed by atoms with Crippen LogP contribution in [0.2, 0.25) is 0 Å². The summed E-state index contributed by atoms with van der Waals surface area (Å²) >= 11 is 0. The Morgan fingerprint density at radius 1 is 0.302 bits per heavy atom. The number of anilines is 3. The fourth-order valence-corrected chi connectivity index (χ4v) is 9.16. The normalized spacial score (nSPS) is 11.5. The molecule has 12 aromatic rings. The van der Waals surface area contributed by atoms with E-state index >= 15 is 0 Å². The van der Waals surface area contributed by atoms with Crippen LogP contribution in [0.25, 0.3) is 99.2 Å². The molecular formula is C59H38N4. The van der Waals surface area contributed by atoms with Crippen molar-refractivity contribution in [2.75, 3.05) is 4.90 Å². The first kappa shape index (κ1) is 36.4. The zero-order valence-electron chi connectivity index (χ0n) is 34.2. The van der Waals surface area contributed by atoms with Crippen LogP contribution < -0.4 is 4.90 Å². The van der Waals surface area contributed by atoms with Gasteiger partial charge in [0.2, 0.25) is 0 Å². The van der Waals surface area contributed by atoms with E-state index in [1.807, 2.05) is 24.3 Å². The summed E-state index contributed by atoms with van der Waals surface area (Å²) in [4.78, 5) is 18.2. The molecule has 0 aliphatic rings. The van der Waals surface area contributed by atoms with Gasteiger partial charge in [-0.3, -0.25) is 0 Å². The molecule has 2 heterocycles. The van der Waals surface area contributed by atoms with E-state index in [4.69, 9.17) is 15.0 Å². The van der Waals surface area contributed by atoms with Crippen molar-refractivity contribution in [2.45, 2.75) is 0 Å². The molecule has 0 amide bonds. The minimum atomic E-state index is 0.693. The maximum Gasteiger partial charge on any atom is 0.160 e. The summed E-state index contributed by atoms with van der Waals surface area (Å²) in [7, 11) is 0. The van der Waals surface area contributed by atoms with E-state index in [2.05, 4.69) is 211 Å². The first-order chi connectivity index (χ1) is 31.2. The third-order valence-corrected chi connectivity index (χ3v) is 12.2. The van der Waals surface area contributed by atoms with Gasteiger partial charge in [-0.15, -0.1) is 0 Å². The molecule has 0 N–H and O–H groups in total. The van der Waals surface area contributed by atoms with Gasteiger partial charge in [-0.1, -0.05) is 182 Å². The molecule has 0 radical (unpaired) electrons. The molecule has 0 atom stereocenters. The van der Waals surface area contributed by atoms with Crippen LogP contribution in [0.15, 0.2) is 231 Å². The summed E-state index contributed by atoms with van der Waals surface area (Å²) in [5, 5.41) is 10.5. The summed E-state index contributed by atoms with van der Waals surface area (Å²) in [5.41, 5.74) is 11.0. The van der Waals surface area contributed by atoms with Crippen LogP contribution >= 0.6 is 0 Å². The van der Waals surface area contributed by atoms with E-state index in [0.29, 0.717) is 5.82 Å². The second-order valence-corrected chi connectivity index (χ2v) is 16.0. The summed E-state index contributed by atoms with van der Waals surface area (Å²) in [5.74, 6) is 0.693. The highest BCUT2D eigenvalue weighted by molar-refractivity contribution is 6.25. The van der Waals surface area contributed by atoms with E-state index in [-0.39, 0.29) is 0 Å². The Morgan fingerprint density at radius 3 is 1.56 bits per heavy atom. The lowest BCUT2D eigenvalue weighted by molar-refractivity contribution is 1.19. The van der Waals surface area contributed by atoms with Gasteiger partial charge in [0, 0.05) is 55.5 Å². The zero-order chi connectivity index (χ0) is 41.7. The second-order valence-electron chi connectivity index (χ2n) is 16.0. The fraction of sp³-hybridized carbons (Fsp3) is 0. The van der Waals surface area contributed by atoms with Crippen LogP contribution in [0.5, 0.6) is 0 Å². The number of aromatic nitrogens is 3. The average Bonchev–Trinajstić information content (AvgIpc) is 3.36. The first-order valence-corrected chi connectivity index (χ1v) is 21.3. The SMILES string of the molecule is c1ccc(-c2cc(-c3cccc4ccc5c(-c6ccc(N(c7ccc8ccccc8c7)c7ccc8ccccc8c7)cc6)nc6ccccc6c5c34)nc(-c3ccccc3)n2)cc1. The molecule has 63 heavy (non-hydrogen) atoms. The van der Waals surface area contributed by atoms with Gasteiger partial charge in [-0.05, 0) is 80.8 Å². The lowest BCUT2D eigenvalue weighted by Crippen LogP contribution is -2.10. The fourth-order valence-electron chi connectivity index (χ4n) is 9.16. The highest BCUT2D eigenvalue weighted by Gasteiger charge is 2.20. The standard InChI is InChI=1S/C59H38N4/c1-3-16-41(17-4-1)54-38-55(62-59(61-54)44-18-5-2-6-19-44)51-24-13-22-42-30-35-52-57(56(42)51)50-23-11-12-25-53(50)60-58(52)43-28-31-47(32-29-43)63(48-33-26-39-14-7-9-20-45(39)36-48)49-34-27-40-15-8-10-21-46(40)37-49/h1-38H. The molecule has 4 nitrogen and oxygen atoms in total. The molecule has 0 fully saturated rings. The van der Waals surface area contributed by atoms with E-state index in [0.717, 1.165) is 88.8 Å². The van der Waals surface area contributed by atoms with Gasteiger partial charge < -0.3 is 4.90 Å². The Balaban J connectivity index is 1.05. The Kier molecular flexibility index (Phi) is 8.79. The van der Waals surface area contributed by atoms with Crippen molar-refractivity contribution in [1.82, 2.24) is 15.0 Å². The molecule has 4 heteroatoms. The van der Waals surface area contributed by atoms with Crippen molar-refractivity contribution >= 4 is 71.1 Å². The number of hydrogen-bond donors (Lipinski definition) is 0. The number of hydrogen-bond acceptors (Lipinski definition) is 4. The van der Waals surface area contributed by atoms with Crippen LogP contribution in [-0.2, 0) is 0 Å². The van der Waals surface area contributed by atoms with Crippen molar-refractivity contribution < 1.29 is 0 Å². The molecule has 0 bridgehead atoms. The highest BCUT2D eigenvalue weighted by atomic mass is 15.1. The Labute approximate surface area is 365 Å². The Bertz CT molecular complexity index is 3540. The Hall–Kier alpha value is -8.47. The van der Waals surface area contributed by atoms with Crippen molar-refractivity contribution in [1.29, 1.82) is 0 Å². The monoisotopic (exact) mass is 802 g/mol. The van der Waals surface area contributed by atoms with Crippen LogP contribution in [0.1, 0.15) is 0 Å². The molecule has 12 rings (SSSR count).